The molecule has 5 rings (SSSR count). The molecule has 3 N–H and O–H groups in total. The first kappa shape index (κ1) is 19.5. The van der Waals surface area contributed by atoms with Gasteiger partial charge < -0.3 is 16.0 Å². The van der Waals surface area contributed by atoms with Crippen LogP contribution in [0.1, 0.15) is 29.9 Å². The molecule has 3 heterocycles. The van der Waals surface area contributed by atoms with Crippen LogP contribution in [0.5, 0.6) is 0 Å². The van der Waals surface area contributed by atoms with Crippen LogP contribution in [0.2, 0.25) is 0 Å². The summed E-state index contributed by atoms with van der Waals surface area (Å²) in [6.07, 6.45) is 5.99. The minimum Gasteiger partial charge on any atom is -0.365 e. The molecule has 1 fully saturated rings. The maximum Gasteiger partial charge on any atom is 0.137 e. The van der Waals surface area contributed by atoms with E-state index in [4.69, 9.17) is 0 Å². The fourth-order valence-electron chi connectivity index (χ4n) is 4.11. The van der Waals surface area contributed by atoms with Crippen LogP contribution in [0.25, 0.3) is 10.9 Å². The van der Waals surface area contributed by atoms with Gasteiger partial charge in [0.2, 0.25) is 0 Å². The second-order valence-electron chi connectivity index (χ2n) is 7.92. The third-order valence-electron chi connectivity index (χ3n) is 5.80. The molecule has 156 valence electrons. The Morgan fingerprint density at radius 3 is 2.68 bits per heavy atom. The normalized spacial score (nSPS) is 14.5. The van der Waals surface area contributed by atoms with Crippen molar-refractivity contribution in [3.63, 3.8) is 0 Å². The lowest BCUT2D eigenvalue weighted by atomic mass is 9.91. The van der Waals surface area contributed by atoms with Crippen LogP contribution in [-0.4, -0.2) is 28.0 Å². The summed E-state index contributed by atoms with van der Waals surface area (Å²) < 4.78 is 0. The van der Waals surface area contributed by atoms with Gasteiger partial charge in [-0.05, 0) is 73.3 Å². The minimum absolute atomic E-state index is 0.620. The highest BCUT2D eigenvalue weighted by atomic mass is 15.0. The molecule has 1 saturated heterocycles. The monoisotopic (exact) mass is 410 g/mol. The van der Waals surface area contributed by atoms with Crippen molar-refractivity contribution in [2.75, 3.05) is 23.7 Å². The fourth-order valence-corrected chi connectivity index (χ4v) is 4.11. The van der Waals surface area contributed by atoms with E-state index in [1.807, 2.05) is 30.5 Å². The predicted octanol–water partition coefficient (Wildman–Crippen LogP) is 4.85. The standard InChI is InChI=1S/C25H26N6/c1-2-7-23-22(6-1)25(30-17-29-23)28-15-18-4-3-5-21(14-18)31-24-9-8-20(16-27-24)19-10-12-26-13-11-19/h1-9,14,16-17,19,26H,10-13,15H2,(H,27,31)(H,28,29,30). The number of fused-ring (bicyclic) bond motifs is 1. The summed E-state index contributed by atoms with van der Waals surface area (Å²) >= 11 is 0. The fraction of sp³-hybridized carbons (Fsp3) is 0.240. The van der Waals surface area contributed by atoms with Gasteiger partial charge in [-0.3, -0.25) is 0 Å². The molecule has 0 amide bonds. The van der Waals surface area contributed by atoms with Gasteiger partial charge in [0.05, 0.1) is 5.52 Å². The van der Waals surface area contributed by atoms with Crippen molar-refractivity contribution in [1.29, 1.82) is 0 Å². The lowest BCUT2D eigenvalue weighted by Gasteiger charge is -2.22. The quantitative estimate of drug-likeness (QED) is 0.422. The van der Waals surface area contributed by atoms with Crippen molar-refractivity contribution in [1.82, 2.24) is 20.3 Å². The SMILES string of the molecule is c1cc(CNc2ncnc3ccccc23)cc(Nc2ccc(C3CCNCC3)cn2)c1. The van der Waals surface area contributed by atoms with Gasteiger partial charge in [0, 0.05) is 23.8 Å². The van der Waals surface area contributed by atoms with Crippen molar-refractivity contribution < 1.29 is 0 Å². The molecule has 0 saturated carbocycles. The molecule has 6 nitrogen and oxygen atoms in total. The van der Waals surface area contributed by atoms with E-state index in [0.29, 0.717) is 12.5 Å². The number of nitrogens with zero attached hydrogens (tertiary/aromatic N) is 3. The molecule has 2 aromatic carbocycles. The number of nitrogens with one attached hydrogen (secondary N) is 3. The molecule has 0 radical (unpaired) electrons. The minimum atomic E-state index is 0.620. The summed E-state index contributed by atoms with van der Waals surface area (Å²) in [5, 5.41) is 11.3. The molecular weight excluding hydrogens is 384 g/mol. The summed E-state index contributed by atoms with van der Waals surface area (Å²) in [5.41, 5.74) is 4.46. The average molecular weight is 411 g/mol. The van der Waals surface area contributed by atoms with E-state index in [0.717, 1.165) is 41.3 Å². The number of piperidine rings is 1. The average Bonchev–Trinajstić information content (AvgIpc) is 2.84. The molecule has 1 aliphatic rings. The number of para-hydroxylation sites is 1. The first-order chi connectivity index (χ1) is 15.3. The molecule has 0 aliphatic carbocycles. The van der Waals surface area contributed by atoms with Gasteiger partial charge in [-0.1, -0.05) is 30.3 Å². The predicted molar refractivity (Wildman–Crippen MR) is 126 cm³/mol. The van der Waals surface area contributed by atoms with Crippen molar-refractivity contribution in [3.8, 4) is 0 Å². The number of aromatic nitrogens is 3. The lowest BCUT2D eigenvalue weighted by molar-refractivity contribution is 0.459. The zero-order valence-corrected chi connectivity index (χ0v) is 17.4. The number of hydrogen-bond acceptors (Lipinski definition) is 6. The Bertz CT molecular complexity index is 1150. The van der Waals surface area contributed by atoms with E-state index < -0.39 is 0 Å². The summed E-state index contributed by atoms with van der Waals surface area (Å²) in [6, 6.07) is 20.7. The van der Waals surface area contributed by atoms with Gasteiger partial charge in [0.25, 0.3) is 0 Å². The van der Waals surface area contributed by atoms with E-state index in [1.165, 1.54) is 24.0 Å². The maximum atomic E-state index is 4.64. The Morgan fingerprint density at radius 1 is 0.903 bits per heavy atom. The molecule has 6 heteroatoms. The van der Waals surface area contributed by atoms with Gasteiger partial charge in [-0.15, -0.1) is 0 Å². The number of hydrogen-bond donors (Lipinski definition) is 3. The topological polar surface area (TPSA) is 74.8 Å². The van der Waals surface area contributed by atoms with Crippen molar-refractivity contribution in [2.24, 2.45) is 0 Å². The summed E-state index contributed by atoms with van der Waals surface area (Å²) in [5.74, 6) is 2.33. The molecule has 2 aromatic heterocycles. The number of benzene rings is 2. The zero-order chi connectivity index (χ0) is 20.9. The number of pyridine rings is 1. The van der Waals surface area contributed by atoms with Crippen LogP contribution in [0.15, 0.2) is 73.2 Å². The van der Waals surface area contributed by atoms with E-state index in [-0.39, 0.29) is 0 Å². The Kier molecular flexibility index (Phi) is 5.71. The summed E-state index contributed by atoms with van der Waals surface area (Å²) in [4.78, 5) is 13.4. The molecule has 4 aromatic rings. The van der Waals surface area contributed by atoms with Gasteiger partial charge in [0.15, 0.2) is 0 Å². The maximum absolute atomic E-state index is 4.64. The first-order valence-electron chi connectivity index (χ1n) is 10.8. The van der Waals surface area contributed by atoms with Gasteiger partial charge in [-0.25, -0.2) is 15.0 Å². The molecule has 0 unspecified atom stereocenters. The second-order valence-corrected chi connectivity index (χ2v) is 7.92. The highest BCUT2D eigenvalue weighted by molar-refractivity contribution is 5.88. The second kappa shape index (κ2) is 9.10. The van der Waals surface area contributed by atoms with Crippen LogP contribution in [0, 0.1) is 0 Å². The van der Waals surface area contributed by atoms with E-state index in [2.05, 4.69) is 67.3 Å². The Hall–Kier alpha value is -3.51. The van der Waals surface area contributed by atoms with Gasteiger partial charge in [-0.2, -0.15) is 0 Å². The van der Waals surface area contributed by atoms with E-state index in [9.17, 15) is 0 Å². The highest BCUT2D eigenvalue weighted by Crippen LogP contribution is 2.26. The molecule has 0 spiro atoms. The van der Waals surface area contributed by atoms with Crippen molar-refractivity contribution in [2.45, 2.75) is 25.3 Å². The lowest BCUT2D eigenvalue weighted by Crippen LogP contribution is -2.26. The van der Waals surface area contributed by atoms with Gasteiger partial charge in [0.1, 0.15) is 18.0 Å². The van der Waals surface area contributed by atoms with Crippen molar-refractivity contribution in [3.05, 3.63) is 84.3 Å². The van der Waals surface area contributed by atoms with Crippen molar-refractivity contribution >= 4 is 28.2 Å². The van der Waals surface area contributed by atoms with Crippen LogP contribution < -0.4 is 16.0 Å². The van der Waals surface area contributed by atoms with Crippen LogP contribution >= 0.6 is 0 Å². The third-order valence-corrected chi connectivity index (χ3v) is 5.80. The third kappa shape index (κ3) is 4.64. The molecule has 1 aliphatic heterocycles. The Balaban J connectivity index is 1.25. The molecule has 0 atom stereocenters. The highest BCUT2D eigenvalue weighted by Gasteiger charge is 2.15. The largest absolute Gasteiger partial charge is 0.365 e. The summed E-state index contributed by atoms with van der Waals surface area (Å²) in [6.45, 7) is 2.87. The number of rotatable bonds is 6. The van der Waals surface area contributed by atoms with Crippen LogP contribution in [-0.2, 0) is 6.54 Å². The zero-order valence-electron chi connectivity index (χ0n) is 17.4. The van der Waals surface area contributed by atoms with E-state index in [1.54, 1.807) is 6.33 Å². The number of anilines is 3. The van der Waals surface area contributed by atoms with Crippen LogP contribution in [0.4, 0.5) is 17.3 Å². The first-order valence-corrected chi connectivity index (χ1v) is 10.8. The van der Waals surface area contributed by atoms with Crippen LogP contribution in [0.3, 0.4) is 0 Å². The molecular formula is C25H26N6. The smallest absolute Gasteiger partial charge is 0.137 e. The molecule has 31 heavy (non-hydrogen) atoms. The Labute approximate surface area is 182 Å². The van der Waals surface area contributed by atoms with Gasteiger partial charge >= 0.3 is 0 Å². The van der Waals surface area contributed by atoms with E-state index >= 15 is 0 Å². The Morgan fingerprint density at radius 2 is 1.81 bits per heavy atom. The summed E-state index contributed by atoms with van der Waals surface area (Å²) in [7, 11) is 0. The molecule has 0 bridgehead atoms.